The Balaban J connectivity index is 1.95. The summed E-state index contributed by atoms with van der Waals surface area (Å²) in [5.74, 6) is 0.551. The summed E-state index contributed by atoms with van der Waals surface area (Å²) in [5, 5.41) is 4.41. The van der Waals surface area contributed by atoms with E-state index in [1.165, 1.54) is 10.5 Å². The highest BCUT2D eigenvalue weighted by atomic mass is 32.2. The Bertz CT molecular complexity index is 718. The Morgan fingerprint density at radius 2 is 1.76 bits per heavy atom. The molecule has 1 aromatic heterocycles. The van der Waals surface area contributed by atoms with Crippen molar-refractivity contribution in [3.8, 4) is 11.3 Å². The Kier molecular flexibility index (Phi) is 3.97. The number of nitrogens with two attached hydrogens (primary N) is 1. The van der Waals surface area contributed by atoms with Crippen LogP contribution >= 0.6 is 11.8 Å². The number of hydrogen-bond donors (Lipinski definition) is 1. The van der Waals surface area contributed by atoms with Crippen molar-refractivity contribution in [1.29, 1.82) is 0 Å². The Morgan fingerprint density at radius 3 is 2.43 bits per heavy atom. The minimum atomic E-state index is 0.551. The molecule has 3 rings (SSSR count). The summed E-state index contributed by atoms with van der Waals surface area (Å²) in [4.78, 5) is 1.25. The lowest BCUT2D eigenvalue weighted by atomic mass is 10.1. The van der Waals surface area contributed by atoms with Crippen molar-refractivity contribution in [2.75, 3.05) is 12.0 Å². The van der Waals surface area contributed by atoms with E-state index in [1.807, 2.05) is 28.9 Å². The SMILES string of the molecule is CSc1ccc(-c2cc(N)nn2Cc2ccccc2)cc1. The van der Waals surface area contributed by atoms with Gasteiger partial charge < -0.3 is 5.73 Å². The van der Waals surface area contributed by atoms with E-state index in [9.17, 15) is 0 Å². The first-order chi connectivity index (χ1) is 10.3. The molecule has 2 aromatic carbocycles. The maximum absolute atomic E-state index is 5.89. The normalized spacial score (nSPS) is 10.7. The van der Waals surface area contributed by atoms with E-state index < -0.39 is 0 Å². The van der Waals surface area contributed by atoms with Gasteiger partial charge in [0.2, 0.25) is 0 Å². The molecule has 0 unspecified atom stereocenters. The van der Waals surface area contributed by atoms with Crippen LogP contribution in [-0.4, -0.2) is 16.0 Å². The van der Waals surface area contributed by atoms with E-state index in [2.05, 4.69) is 47.8 Å². The predicted octanol–water partition coefficient (Wildman–Crippen LogP) is 3.90. The van der Waals surface area contributed by atoms with E-state index in [0.717, 1.165) is 17.8 Å². The van der Waals surface area contributed by atoms with Crippen LogP contribution < -0.4 is 5.73 Å². The average Bonchev–Trinajstić information content (AvgIpc) is 2.89. The van der Waals surface area contributed by atoms with Gasteiger partial charge in [0.05, 0.1) is 12.2 Å². The lowest BCUT2D eigenvalue weighted by molar-refractivity contribution is 0.698. The summed E-state index contributed by atoms with van der Waals surface area (Å²) in [7, 11) is 0. The van der Waals surface area contributed by atoms with Gasteiger partial charge in [0.25, 0.3) is 0 Å². The summed E-state index contributed by atoms with van der Waals surface area (Å²) in [5.41, 5.74) is 9.28. The fourth-order valence-corrected chi connectivity index (χ4v) is 2.72. The monoisotopic (exact) mass is 295 g/mol. The third-order valence-corrected chi connectivity index (χ3v) is 4.10. The molecule has 0 saturated heterocycles. The molecule has 0 fully saturated rings. The van der Waals surface area contributed by atoms with Gasteiger partial charge in [-0.25, -0.2) is 0 Å². The molecule has 0 amide bonds. The van der Waals surface area contributed by atoms with E-state index >= 15 is 0 Å². The molecule has 0 aliphatic rings. The summed E-state index contributed by atoms with van der Waals surface area (Å²) in [6, 6.07) is 20.7. The largest absolute Gasteiger partial charge is 0.382 e. The Labute approximate surface area is 128 Å². The van der Waals surface area contributed by atoms with Gasteiger partial charge in [0, 0.05) is 11.0 Å². The quantitative estimate of drug-likeness (QED) is 0.742. The van der Waals surface area contributed by atoms with Crippen molar-refractivity contribution < 1.29 is 0 Å². The standard InChI is InChI=1S/C17H17N3S/c1-21-15-9-7-14(8-10-15)16-11-17(18)19-20(16)12-13-5-3-2-4-6-13/h2-11H,12H2,1H3,(H2,18,19). The number of nitrogens with zero attached hydrogens (tertiary/aromatic N) is 2. The summed E-state index contributed by atoms with van der Waals surface area (Å²) >= 11 is 1.74. The molecule has 0 saturated carbocycles. The lowest BCUT2D eigenvalue weighted by Gasteiger charge is -2.08. The second-order valence-corrected chi connectivity index (χ2v) is 5.71. The molecule has 0 spiro atoms. The third-order valence-electron chi connectivity index (χ3n) is 3.36. The van der Waals surface area contributed by atoms with Crippen molar-refractivity contribution in [2.45, 2.75) is 11.4 Å². The van der Waals surface area contributed by atoms with Crippen LogP contribution in [0.15, 0.2) is 65.6 Å². The zero-order chi connectivity index (χ0) is 14.7. The molecule has 3 nitrogen and oxygen atoms in total. The van der Waals surface area contributed by atoms with Crippen LogP contribution in [0.5, 0.6) is 0 Å². The molecule has 0 radical (unpaired) electrons. The highest BCUT2D eigenvalue weighted by Gasteiger charge is 2.09. The zero-order valence-corrected chi connectivity index (χ0v) is 12.7. The van der Waals surface area contributed by atoms with E-state index in [-0.39, 0.29) is 0 Å². The number of rotatable bonds is 4. The molecule has 0 bridgehead atoms. The van der Waals surface area contributed by atoms with E-state index in [1.54, 1.807) is 11.8 Å². The predicted molar refractivity (Wildman–Crippen MR) is 89.4 cm³/mol. The average molecular weight is 295 g/mol. The third kappa shape index (κ3) is 3.11. The number of thioether (sulfide) groups is 1. The van der Waals surface area contributed by atoms with Gasteiger partial charge >= 0.3 is 0 Å². The molecule has 1 heterocycles. The molecular formula is C17H17N3S. The van der Waals surface area contributed by atoms with Gasteiger partial charge in [-0.3, -0.25) is 4.68 Å². The maximum Gasteiger partial charge on any atom is 0.146 e. The molecule has 0 atom stereocenters. The van der Waals surface area contributed by atoms with Gasteiger partial charge in [-0.05, 0) is 29.5 Å². The minimum absolute atomic E-state index is 0.551. The van der Waals surface area contributed by atoms with Crippen LogP contribution in [0.3, 0.4) is 0 Å². The molecule has 4 heteroatoms. The molecule has 2 N–H and O–H groups in total. The summed E-state index contributed by atoms with van der Waals surface area (Å²) in [6.07, 6.45) is 2.08. The van der Waals surface area contributed by atoms with Gasteiger partial charge in [-0.15, -0.1) is 11.8 Å². The molecule has 0 aliphatic heterocycles. The van der Waals surface area contributed by atoms with E-state index in [0.29, 0.717) is 5.82 Å². The first kappa shape index (κ1) is 13.8. The first-order valence-corrected chi connectivity index (χ1v) is 8.00. The van der Waals surface area contributed by atoms with Gasteiger partial charge in [-0.1, -0.05) is 42.5 Å². The maximum atomic E-state index is 5.89. The molecule has 106 valence electrons. The Hall–Kier alpha value is -2.20. The highest BCUT2D eigenvalue weighted by molar-refractivity contribution is 7.98. The van der Waals surface area contributed by atoms with E-state index in [4.69, 9.17) is 5.73 Å². The fourth-order valence-electron chi connectivity index (χ4n) is 2.31. The number of benzene rings is 2. The smallest absolute Gasteiger partial charge is 0.146 e. The van der Waals surface area contributed by atoms with Gasteiger partial charge in [0.1, 0.15) is 5.82 Å². The number of anilines is 1. The molecule has 3 aromatic rings. The van der Waals surface area contributed by atoms with Crippen LogP contribution in [-0.2, 0) is 6.54 Å². The van der Waals surface area contributed by atoms with Crippen LogP contribution in [0.4, 0.5) is 5.82 Å². The molecule has 0 aliphatic carbocycles. The van der Waals surface area contributed by atoms with Crippen LogP contribution in [0.25, 0.3) is 11.3 Å². The van der Waals surface area contributed by atoms with Crippen molar-refractivity contribution >= 4 is 17.6 Å². The van der Waals surface area contributed by atoms with Crippen LogP contribution in [0.1, 0.15) is 5.56 Å². The number of aromatic nitrogens is 2. The fraction of sp³-hybridized carbons (Fsp3) is 0.118. The Morgan fingerprint density at radius 1 is 1.05 bits per heavy atom. The zero-order valence-electron chi connectivity index (χ0n) is 11.9. The summed E-state index contributed by atoms with van der Waals surface area (Å²) < 4.78 is 1.96. The second-order valence-electron chi connectivity index (χ2n) is 4.83. The second kappa shape index (κ2) is 6.06. The van der Waals surface area contributed by atoms with Crippen molar-refractivity contribution in [3.05, 3.63) is 66.2 Å². The molecule has 21 heavy (non-hydrogen) atoms. The van der Waals surface area contributed by atoms with Crippen molar-refractivity contribution in [1.82, 2.24) is 9.78 Å². The topological polar surface area (TPSA) is 43.8 Å². The number of nitrogen functional groups attached to an aromatic ring is 1. The van der Waals surface area contributed by atoms with Crippen LogP contribution in [0, 0.1) is 0 Å². The molecular weight excluding hydrogens is 278 g/mol. The summed E-state index contributed by atoms with van der Waals surface area (Å²) in [6.45, 7) is 0.720. The minimum Gasteiger partial charge on any atom is -0.382 e. The van der Waals surface area contributed by atoms with Gasteiger partial charge in [0.15, 0.2) is 0 Å². The van der Waals surface area contributed by atoms with Crippen molar-refractivity contribution in [3.63, 3.8) is 0 Å². The van der Waals surface area contributed by atoms with Gasteiger partial charge in [-0.2, -0.15) is 5.10 Å². The van der Waals surface area contributed by atoms with Crippen molar-refractivity contribution in [2.24, 2.45) is 0 Å². The first-order valence-electron chi connectivity index (χ1n) is 6.78. The lowest BCUT2D eigenvalue weighted by Crippen LogP contribution is -2.04. The van der Waals surface area contributed by atoms with Crippen LogP contribution in [0.2, 0.25) is 0 Å². The highest BCUT2D eigenvalue weighted by Crippen LogP contribution is 2.25. The number of hydrogen-bond acceptors (Lipinski definition) is 3.